The highest BCUT2D eigenvalue weighted by atomic mass is 35.5. The molecular formula is C16H26ClN3O3S. The lowest BCUT2D eigenvalue weighted by molar-refractivity contribution is 0.0740. The number of hydrogen-bond acceptors (Lipinski definition) is 4. The molecule has 0 aliphatic heterocycles. The van der Waals surface area contributed by atoms with Crippen molar-refractivity contribution in [1.29, 1.82) is 0 Å². The summed E-state index contributed by atoms with van der Waals surface area (Å²) < 4.78 is 27.1. The summed E-state index contributed by atoms with van der Waals surface area (Å²) in [6.45, 7) is 4.93. The number of hydrogen-bond donors (Lipinski definition) is 2. The molecule has 1 aromatic rings. The first-order valence-corrected chi connectivity index (χ1v) is 9.21. The monoisotopic (exact) mass is 375 g/mol. The number of amides is 1. The van der Waals surface area contributed by atoms with Crippen molar-refractivity contribution in [1.82, 2.24) is 9.62 Å². The van der Waals surface area contributed by atoms with Crippen LogP contribution in [0.1, 0.15) is 37.0 Å². The lowest BCUT2D eigenvalue weighted by atomic mass is 9.93. The summed E-state index contributed by atoms with van der Waals surface area (Å²) in [4.78, 5) is 14.2. The third kappa shape index (κ3) is 5.44. The van der Waals surface area contributed by atoms with E-state index in [-0.39, 0.29) is 34.7 Å². The molecule has 0 aromatic heterocycles. The minimum Gasteiger partial charge on any atom is -0.341 e. The smallest absolute Gasteiger partial charge is 0.253 e. The highest BCUT2D eigenvalue weighted by Gasteiger charge is 2.28. The molecule has 0 atom stereocenters. The van der Waals surface area contributed by atoms with Gasteiger partial charge in [-0.3, -0.25) is 4.79 Å². The van der Waals surface area contributed by atoms with E-state index >= 15 is 0 Å². The Morgan fingerprint density at radius 2 is 2.00 bits per heavy atom. The highest BCUT2D eigenvalue weighted by molar-refractivity contribution is 7.89. The average Bonchev–Trinajstić information content (AvgIpc) is 3.29. The Balaban J connectivity index is 0.00000288. The van der Waals surface area contributed by atoms with Crippen LogP contribution in [-0.2, 0) is 10.0 Å². The van der Waals surface area contributed by atoms with Crippen LogP contribution in [-0.4, -0.2) is 45.4 Å². The van der Waals surface area contributed by atoms with Crippen molar-refractivity contribution in [3.8, 4) is 0 Å². The van der Waals surface area contributed by atoms with Crippen molar-refractivity contribution < 1.29 is 13.2 Å². The summed E-state index contributed by atoms with van der Waals surface area (Å²) in [5, 5.41) is 0. The second-order valence-corrected chi connectivity index (χ2v) is 8.67. The molecule has 3 N–H and O–H groups in total. The number of halogens is 1. The zero-order valence-corrected chi connectivity index (χ0v) is 15.9. The van der Waals surface area contributed by atoms with Gasteiger partial charge in [0.1, 0.15) is 0 Å². The molecule has 1 aliphatic rings. The molecule has 0 radical (unpaired) electrons. The number of carbonyl (C=O) groups excluding carboxylic acids is 1. The molecule has 1 saturated carbocycles. The first-order chi connectivity index (χ1) is 10.6. The molecule has 24 heavy (non-hydrogen) atoms. The minimum absolute atomic E-state index is 0. The van der Waals surface area contributed by atoms with E-state index in [9.17, 15) is 13.2 Å². The molecule has 136 valence electrons. The normalized spacial score (nSPS) is 14.8. The summed E-state index contributed by atoms with van der Waals surface area (Å²) >= 11 is 0. The fourth-order valence-corrected chi connectivity index (χ4v) is 3.63. The van der Waals surface area contributed by atoms with Gasteiger partial charge < -0.3 is 10.6 Å². The highest BCUT2D eigenvalue weighted by Crippen LogP contribution is 2.23. The average molecular weight is 376 g/mol. The van der Waals surface area contributed by atoms with E-state index in [0.29, 0.717) is 18.7 Å². The summed E-state index contributed by atoms with van der Waals surface area (Å²) in [5.41, 5.74) is 5.87. The van der Waals surface area contributed by atoms with E-state index in [2.05, 4.69) is 4.72 Å². The molecule has 6 nitrogen and oxygen atoms in total. The summed E-state index contributed by atoms with van der Waals surface area (Å²) in [7, 11) is -1.86. The van der Waals surface area contributed by atoms with Gasteiger partial charge in [-0.05, 0) is 43.0 Å². The molecule has 1 amide bonds. The molecule has 0 spiro atoms. The number of sulfonamides is 1. The Labute approximate surface area is 150 Å². The number of nitrogens with zero attached hydrogens (tertiary/aromatic N) is 1. The Morgan fingerprint density at radius 1 is 1.38 bits per heavy atom. The quantitative estimate of drug-likeness (QED) is 0.757. The lowest BCUT2D eigenvalue weighted by Crippen LogP contribution is -2.39. The predicted molar refractivity (Wildman–Crippen MR) is 96.8 cm³/mol. The van der Waals surface area contributed by atoms with Crippen molar-refractivity contribution >= 4 is 28.3 Å². The largest absolute Gasteiger partial charge is 0.341 e. The van der Waals surface area contributed by atoms with Gasteiger partial charge in [-0.25, -0.2) is 13.1 Å². The lowest BCUT2D eigenvalue weighted by Gasteiger charge is -2.29. The van der Waals surface area contributed by atoms with Crippen LogP contribution < -0.4 is 10.5 Å². The SMILES string of the molecule is CN(CC(C)(C)CN)C(=O)c1cccc(S(=O)(=O)NC2CC2)c1.Cl. The molecule has 0 unspecified atom stereocenters. The maximum atomic E-state index is 12.5. The summed E-state index contributed by atoms with van der Waals surface area (Å²) in [5.74, 6) is -0.213. The van der Waals surface area contributed by atoms with Crippen molar-refractivity contribution in [2.45, 2.75) is 37.6 Å². The van der Waals surface area contributed by atoms with Crippen LogP contribution in [0.25, 0.3) is 0 Å². The maximum absolute atomic E-state index is 12.5. The van der Waals surface area contributed by atoms with Gasteiger partial charge in [-0.2, -0.15) is 0 Å². The van der Waals surface area contributed by atoms with Crippen LogP contribution in [0.3, 0.4) is 0 Å². The molecule has 8 heteroatoms. The molecule has 1 fully saturated rings. The molecule has 1 aromatic carbocycles. The van der Waals surface area contributed by atoms with Gasteiger partial charge in [0, 0.05) is 25.2 Å². The third-order valence-corrected chi connectivity index (χ3v) is 5.37. The van der Waals surface area contributed by atoms with Crippen LogP contribution >= 0.6 is 12.4 Å². The summed E-state index contributed by atoms with van der Waals surface area (Å²) in [6, 6.07) is 6.19. The fraction of sp³-hybridized carbons (Fsp3) is 0.562. The van der Waals surface area contributed by atoms with Gasteiger partial charge in [0.05, 0.1) is 4.90 Å². The van der Waals surface area contributed by atoms with Gasteiger partial charge in [-0.1, -0.05) is 19.9 Å². The number of nitrogens with two attached hydrogens (primary N) is 1. The van der Waals surface area contributed by atoms with Crippen molar-refractivity contribution in [2.24, 2.45) is 11.1 Å². The van der Waals surface area contributed by atoms with E-state index in [4.69, 9.17) is 5.73 Å². The molecule has 2 rings (SSSR count). The molecule has 0 bridgehead atoms. The Hall–Kier alpha value is -1.15. The van der Waals surface area contributed by atoms with Crippen LogP contribution in [0, 0.1) is 5.41 Å². The second-order valence-electron chi connectivity index (χ2n) is 6.95. The predicted octanol–water partition coefficient (Wildman–Crippen LogP) is 1.61. The van der Waals surface area contributed by atoms with Crippen molar-refractivity contribution in [3.63, 3.8) is 0 Å². The van der Waals surface area contributed by atoms with Gasteiger partial charge in [-0.15, -0.1) is 12.4 Å². The molecule has 1 aliphatic carbocycles. The Bertz CT molecular complexity index is 688. The fourth-order valence-electron chi connectivity index (χ4n) is 2.28. The van der Waals surface area contributed by atoms with Gasteiger partial charge in [0.25, 0.3) is 5.91 Å². The van der Waals surface area contributed by atoms with Gasteiger partial charge in [0.15, 0.2) is 0 Å². The molecular weight excluding hydrogens is 350 g/mol. The summed E-state index contributed by atoms with van der Waals surface area (Å²) in [6.07, 6.45) is 1.74. The number of rotatable bonds is 7. The first-order valence-electron chi connectivity index (χ1n) is 7.72. The Morgan fingerprint density at radius 3 is 2.54 bits per heavy atom. The van der Waals surface area contributed by atoms with Crippen LogP contribution in [0.5, 0.6) is 0 Å². The zero-order valence-electron chi connectivity index (χ0n) is 14.3. The molecule has 0 saturated heterocycles. The van der Waals surface area contributed by atoms with E-state index in [1.165, 1.54) is 12.1 Å². The van der Waals surface area contributed by atoms with E-state index in [1.807, 2.05) is 13.8 Å². The van der Waals surface area contributed by atoms with Gasteiger partial charge in [0.2, 0.25) is 10.0 Å². The number of benzene rings is 1. The standard InChI is InChI=1S/C16H25N3O3S.ClH/c1-16(2,10-17)11-19(3)15(20)12-5-4-6-14(9-12)23(21,22)18-13-7-8-13;/h4-6,9,13,18H,7-8,10-11,17H2,1-3H3;1H. The second kappa shape index (κ2) is 7.82. The third-order valence-electron chi connectivity index (χ3n) is 3.85. The van der Waals surface area contributed by atoms with Crippen molar-refractivity contribution in [2.75, 3.05) is 20.1 Å². The van der Waals surface area contributed by atoms with Crippen LogP contribution in [0.2, 0.25) is 0 Å². The zero-order chi connectivity index (χ0) is 17.3. The Kier molecular flexibility index (Phi) is 6.81. The van der Waals surface area contributed by atoms with Crippen LogP contribution in [0.4, 0.5) is 0 Å². The maximum Gasteiger partial charge on any atom is 0.253 e. The molecule has 0 heterocycles. The van der Waals surface area contributed by atoms with Crippen molar-refractivity contribution in [3.05, 3.63) is 29.8 Å². The topological polar surface area (TPSA) is 92.5 Å². The van der Waals surface area contributed by atoms with E-state index in [1.54, 1.807) is 24.1 Å². The number of nitrogens with one attached hydrogen (secondary N) is 1. The number of carbonyl (C=O) groups is 1. The minimum atomic E-state index is -3.56. The van der Waals surface area contributed by atoms with E-state index in [0.717, 1.165) is 12.8 Å². The van der Waals surface area contributed by atoms with Gasteiger partial charge >= 0.3 is 0 Å². The van der Waals surface area contributed by atoms with E-state index < -0.39 is 10.0 Å². The van der Waals surface area contributed by atoms with Crippen LogP contribution in [0.15, 0.2) is 29.2 Å². The first kappa shape index (κ1) is 20.9.